The molecule has 0 saturated carbocycles. The van der Waals surface area contributed by atoms with Crippen LogP contribution in [0.5, 0.6) is 0 Å². The Bertz CT molecular complexity index is 321. The highest BCUT2D eigenvalue weighted by molar-refractivity contribution is 7.80. The molecule has 0 N–H and O–H groups in total. The number of carbonyl (C=O) groups excluding carboxylic acids is 1. The molecular formula is C9H7NOS. The third kappa shape index (κ3) is 2.40. The van der Waals surface area contributed by atoms with Gasteiger partial charge in [0.15, 0.2) is 6.29 Å². The van der Waals surface area contributed by atoms with Gasteiger partial charge in [0.2, 0.25) is 0 Å². The molecule has 0 amide bonds. The first kappa shape index (κ1) is 8.82. The van der Waals surface area contributed by atoms with Gasteiger partial charge in [-0.2, -0.15) is 12.6 Å². The molecule has 0 fully saturated rings. The van der Waals surface area contributed by atoms with Crippen molar-refractivity contribution in [2.75, 3.05) is 5.75 Å². The molecule has 12 heavy (non-hydrogen) atoms. The number of carbonyl (C=O) groups is 1. The first-order chi connectivity index (χ1) is 5.86. The van der Waals surface area contributed by atoms with Crippen LogP contribution in [0.1, 0.15) is 16.1 Å². The van der Waals surface area contributed by atoms with Crippen molar-refractivity contribution >= 4 is 18.9 Å². The molecule has 0 aliphatic carbocycles. The molecule has 1 aromatic rings. The van der Waals surface area contributed by atoms with Crippen molar-refractivity contribution in [2.24, 2.45) is 0 Å². The second-order valence-electron chi connectivity index (χ2n) is 2.05. The quantitative estimate of drug-likeness (QED) is 0.396. The Labute approximate surface area is 76.4 Å². The molecule has 0 radical (unpaired) electrons. The molecule has 2 nitrogen and oxygen atoms in total. The lowest BCUT2D eigenvalue weighted by atomic mass is 10.2. The molecule has 0 atom stereocenters. The molecule has 0 aliphatic rings. The maximum atomic E-state index is 10.2. The van der Waals surface area contributed by atoms with Gasteiger partial charge >= 0.3 is 0 Å². The topological polar surface area (TPSA) is 30.0 Å². The zero-order valence-electron chi connectivity index (χ0n) is 6.32. The standard InChI is InChI=1S/C9H7NOS/c11-7-9-4-3-8(6-10-9)2-1-5-12/h3-4,6-7,12H,5H2. The van der Waals surface area contributed by atoms with Crippen LogP contribution in [0, 0.1) is 11.8 Å². The Balaban J connectivity index is 2.84. The molecule has 3 heteroatoms. The summed E-state index contributed by atoms with van der Waals surface area (Å²) < 4.78 is 0. The predicted octanol–water partition coefficient (Wildman–Crippen LogP) is 1.18. The number of aromatic nitrogens is 1. The van der Waals surface area contributed by atoms with E-state index in [1.54, 1.807) is 18.3 Å². The van der Waals surface area contributed by atoms with Gasteiger partial charge in [-0.3, -0.25) is 9.78 Å². The highest BCUT2D eigenvalue weighted by atomic mass is 32.1. The fraction of sp³-hybridized carbons (Fsp3) is 0.111. The van der Waals surface area contributed by atoms with Crippen LogP contribution in [-0.2, 0) is 0 Å². The molecule has 0 saturated heterocycles. The Morgan fingerprint density at radius 3 is 2.92 bits per heavy atom. The van der Waals surface area contributed by atoms with E-state index < -0.39 is 0 Å². The highest BCUT2D eigenvalue weighted by Crippen LogP contribution is 1.95. The van der Waals surface area contributed by atoms with Crippen molar-refractivity contribution in [3.05, 3.63) is 29.6 Å². The Morgan fingerprint density at radius 2 is 2.42 bits per heavy atom. The Kier molecular flexibility index (Phi) is 3.36. The van der Waals surface area contributed by atoms with E-state index in [-0.39, 0.29) is 0 Å². The van der Waals surface area contributed by atoms with Gasteiger partial charge in [0.25, 0.3) is 0 Å². The second-order valence-corrected chi connectivity index (χ2v) is 2.37. The van der Waals surface area contributed by atoms with Crippen LogP contribution in [0.3, 0.4) is 0 Å². The van der Waals surface area contributed by atoms with Gasteiger partial charge in [-0.15, -0.1) is 0 Å². The van der Waals surface area contributed by atoms with Crippen LogP contribution < -0.4 is 0 Å². The minimum atomic E-state index is 0.423. The van der Waals surface area contributed by atoms with Crippen molar-refractivity contribution in [1.29, 1.82) is 0 Å². The van der Waals surface area contributed by atoms with Gasteiger partial charge in [0, 0.05) is 11.8 Å². The van der Waals surface area contributed by atoms with Crippen molar-refractivity contribution in [2.45, 2.75) is 0 Å². The lowest BCUT2D eigenvalue weighted by molar-refractivity contribution is 0.111. The predicted molar refractivity (Wildman–Crippen MR) is 50.4 cm³/mol. The van der Waals surface area contributed by atoms with E-state index >= 15 is 0 Å². The summed E-state index contributed by atoms with van der Waals surface area (Å²) in [6, 6.07) is 3.39. The minimum absolute atomic E-state index is 0.423. The van der Waals surface area contributed by atoms with Gasteiger partial charge in [-0.25, -0.2) is 0 Å². The van der Waals surface area contributed by atoms with Crippen LogP contribution >= 0.6 is 12.6 Å². The van der Waals surface area contributed by atoms with Crippen LogP contribution in [0.15, 0.2) is 18.3 Å². The summed E-state index contributed by atoms with van der Waals surface area (Å²) in [6.45, 7) is 0. The number of aldehydes is 1. The van der Waals surface area contributed by atoms with E-state index in [2.05, 4.69) is 29.5 Å². The molecule has 0 aliphatic heterocycles. The number of rotatable bonds is 1. The Hall–Kier alpha value is -1.27. The van der Waals surface area contributed by atoms with E-state index in [0.29, 0.717) is 17.7 Å². The number of hydrogen-bond donors (Lipinski definition) is 1. The summed E-state index contributed by atoms with van der Waals surface area (Å²) in [7, 11) is 0. The van der Waals surface area contributed by atoms with Crippen molar-refractivity contribution in [3.63, 3.8) is 0 Å². The van der Waals surface area contributed by atoms with Gasteiger partial charge < -0.3 is 0 Å². The average Bonchev–Trinajstić information content (AvgIpc) is 2.15. The van der Waals surface area contributed by atoms with Crippen LogP contribution in [0.4, 0.5) is 0 Å². The van der Waals surface area contributed by atoms with Gasteiger partial charge in [0.05, 0.1) is 5.75 Å². The third-order valence-corrected chi connectivity index (χ3v) is 1.38. The van der Waals surface area contributed by atoms with Crippen molar-refractivity contribution in [3.8, 4) is 11.8 Å². The average molecular weight is 177 g/mol. The summed E-state index contributed by atoms with van der Waals surface area (Å²) in [5, 5.41) is 0. The molecule has 1 heterocycles. The van der Waals surface area contributed by atoms with E-state index in [4.69, 9.17) is 0 Å². The lowest BCUT2D eigenvalue weighted by Gasteiger charge is -1.89. The lowest BCUT2D eigenvalue weighted by Crippen LogP contribution is -1.85. The summed E-state index contributed by atoms with van der Waals surface area (Å²) >= 11 is 3.94. The third-order valence-electron chi connectivity index (χ3n) is 1.22. The van der Waals surface area contributed by atoms with E-state index in [1.807, 2.05) is 0 Å². The second kappa shape index (κ2) is 4.58. The minimum Gasteiger partial charge on any atom is -0.296 e. The number of thiol groups is 1. The monoisotopic (exact) mass is 177 g/mol. The SMILES string of the molecule is O=Cc1ccc(C#CCS)cn1. The van der Waals surface area contributed by atoms with Crippen LogP contribution in [0.25, 0.3) is 0 Å². The zero-order valence-corrected chi connectivity index (χ0v) is 7.21. The van der Waals surface area contributed by atoms with Gasteiger partial charge in [-0.05, 0) is 12.1 Å². The van der Waals surface area contributed by atoms with Crippen molar-refractivity contribution in [1.82, 2.24) is 4.98 Å². The van der Waals surface area contributed by atoms with Gasteiger partial charge in [0.1, 0.15) is 5.69 Å². The largest absolute Gasteiger partial charge is 0.296 e. The first-order valence-corrected chi connectivity index (χ1v) is 4.01. The zero-order chi connectivity index (χ0) is 8.81. The molecular weight excluding hydrogens is 170 g/mol. The fourth-order valence-electron chi connectivity index (χ4n) is 0.691. The van der Waals surface area contributed by atoms with Crippen molar-refractivity contribution < 1.29 is 4.79 Å². The smallest absolute Gasteiger partial charge is 0.168 e. The number of pyridine rings is 1. The van der Waals surface area contributed by atoms with Gasteiger partial charge in [-0.1, -0.05) is 11.8 Å². The summed E-state index contributed by atoms with van der Waals surface area (Å²) in [6.07, 6.45) is 2.27. The summed E-state index contributed by atoms with van der Waals surface area (Å²) in [5.41, 5.74) is 1.22. The number of nitrogens with zero attached hydrogens (tertiary/aromatic N) is 1. The summed E-state index contributed by atoms with van der Waals surface area (Å²) in [4.78, 5) is 14.1. The molecule has 0 spiro atoms. The fourth-order valence-corrected chi connectivity index (χ4v) is 0.770. The Morgan fingerprint density at radius 1 is 1.58 bits per heavy atom. The molecule has 1 aromatic heterocycles. The molecule has 0 bridgehead atoms. The van der Waals surface area contributed by atoms with Crippen LogP contribution in [-0.4, -0.2) is 17.0 Å². The normalized spacial score (nSPS) is 8.42. The van der Waals surface area contributed by atoms with E-state index in [1.165, 1.54) is 0 Å². The molecule has 0 aromatic carbocycles. The van der Waals surface area contributed by atoms with E-state index in [9.17, 15) is 4.79 Å². The molecule has 1 rings (SSSR count). The van der Waals surface area contributed by atoms with Crippen LogP contribution in [0.2, 0.25) is 0 Å². The molecule has 60 valence electrons. The maximum Gasteiger partial charge on any atom is 0.168 e. The first-order valence-electron chi connectivity index (χ1n) is 3.38. The number of hydrogen-bond acceptors (Lipinski definition) is 3. The summed E-state index contributed by atoms with van der Waals surface area (Å²) in [5.74, 6) is 6.15. The molecule has 0 unspecified atom stereocenters. The van der Waals surface area contributed by atoms with E-state index in [0.717, 1.165) is 5.56 Å². The maximum absolute atomic E-state index is 10.2. The highest BCUT2D eigenvalue weighted by Gasteiger charge is 1.89.